The van der Waals surface area contributed by atoms with E-state index in [1.165, 1.54) is 11.1 Å². The van der Waals surface area contributed by atoms with Crippen LogP contribution in [0.25, 0.3) is 27.9 Å². The Morgan fingerprint density at radius 2 is 1.82 bits per heavy atom. The second-order valence-corrected chi connectivity index (χ2v) is 14.0. The van der Waals surface area contributed by atoms with Gasteiger partial charge in [0.15, 0.2) is 5.65 Å². The Labute approximate surface area is 223 Å². The van der Waals surface area contributed by atoms with Crippen molar-refractivity contribution in [1.29, 1.82) is 0 Å². The lowest BCUT2D eigenvalue weighted by Crippen LogP contribution is -2.52. The number of sulfone groups is 1. The first-order valence-electron chi connectivity index (χ1n) is 13.8. The Morgan fingerprint density at radius 3 is 2.53 bits per heavy atom. The molecule has 0 unspecified atom stereocenters. The molecule has 0 aromatic carbocycles. The molecule has 1 N–H and O–H groups in total. The monoisotopic (exact) mass is 533 g/mol. The molecule has 3 aliphatic heterocycles. The third kappa shape index (κ3) is 3.67. The van der Waals surface area contributed by atoms with Gasteiger partial charge in [0.1, 0.15) is 22.0 Å². The Morgan fingerprint density at radius 1 is 1.03 bits per heavy atom. The van der Waals surface area contributed by atoms with Crippen molar-refractivity contribution < 1.29 is 8.42 Å². The molecule has 3 saturated heterocycles. The number of fused-ring (bicyclic) bond motifs is 4. The largest absolute Gasteiger partial charge is 0.353 e. The maximum absolute atomic E-state index is 11.9. The number of rotatable bonds is 4. The minimum Gasteiger partial charge on any atom is -0.353 e. The first-order chi connectivity index (χ1) is 18.2. The second kappa shape index (κ2) is 8.51. The van der Waals surface area contributed by atoms with Gasteiger partial charge in [-0.3, -0.25) is 4.90 Å². The van der Waals surface area contributed by atoms with Crippen LogP contribution in [0.15, 0.2) is 24.7 Å². The first kappa shape index (κ1) is 24.1. The number of nitrogens with zero attached hydrogens (tertiary/aromatic N) is 6. The summed E-state index contributed by atoms with van der Waals surface area (Å²) in [5.41, 5.74) is 8.80. The summed E-state index contributed by atoms with van der Waals surface area (Å²) in [6, 6.07) is 5.65. The average Bonchev–Trinajstić information content (AvgIpc) is 3.67. The van der Waals surface area contributed by atoms with Crippen molar-refractivity contribution in [3.8, 4) is 11.3 Å². The third-order valence-corrected chi connectivity index (χ3v) is 10.9. The van der Waals surface area contributed by atoms with E-state index in [9.17, 15) is 8.42 Å². The summed E-state index contributed by atoms with van der Waals surface area (Å²) in [5.74, 6) is 2.01. The SMILES string of the molecule is Cc1c(-c2[nH]c3ccc(N4C[C@@H]5C[C@H]4CN5C4CCS(=O)(=O)CC4)nc3c2C(C)C)cn2ncnc2c1C. The second-order valence-electron chi connectivity index (χ2n) is 11.7. The zero-order valence-corrected chi connectivity index (χ0v) is 23.3. The Balaban J connectivity index is 1.21. The molecule has 7 heterocycles. The molecule has 10 heteroatoms. The topological polar surface area (TPSA) is 99.5 Å². The molecule has 0 amide bonds. The van der Waals surface area contributed by atoms with E-state index in [2.05, 4.69) is 70.9 Å². The van der Waals surface area contributed by atoms with Crippen molar-refractivity contribution >= 4 is 32.3 Å². The molecule has 0 radical (unpaired) electrons. The van der Waals surface area contributed by atoms with E-state index in [-0.39, 0.29) is 0 Å². The number of anilines is 1. The Bertz CT molecular complexity index is 1660. The van der Waals surface area contributed by atoms with Crippen LogP contribution in [0.4, 0.5) is 5.82 Å². The van der Waals surface area contributed by atoms with E-state index in [0.29, 0.717) is 35.5 Å². The van der Waals surface area contributed by atoms with E-state index in [0.717, 1.165) is 71.7 Å². The van der Waals surface area contributed by atoms with Gasteiger partial charge in [0, 0.05) is 48.5 Å². The summed E-state index contributed by atoms with van der Waals surface area (Å²) in [7, 11) is -2.83. The molecule has 2 bridgehead atoms. The van der Waals surface area contributed by atoms with Crippen LogP contribution in [0.1, 0.15) is 55.7 Å². The maximum Gasteiger partial charge on any atom is 0.158 e. The summed E-state index contributed by atoms with van der Waals surface area (Å²) in [5, 5.41) is 4.41. The molecule has 3 fully saturated rings. The van der Waals surface area contributed by atoms with Crippen molar-refractivity contribution in [3.05, 3.63) is 41.3 Å². The van der Waals surface area contributed by atoms with Crippen molar-refractivity contribution in [2.24, 2.45) is 0 Å². The lowest BCUT2D eigenvalue weighted by atomic mass is 9.95. The first-order valence-corrected chi connectivity index (χ1v) is 15.6. The lowest BCUT2D eigenvalue weighted by molar-refractivity contribution is 0.157. The number of hydrogen-bond donors (Lipinski definition) is 1. The molecule has 7 rings (SSSR count). The number of aryl methyl sites for hydroxylation is 1. The molecule has 2 atom stereocenters. The Hall–Kier alpha value is -2.98. The standard InChI is InChI=1S/C28H35N7O2S/c1-16(2)25-26(22-14-35-28(29-15-30-35)18(4)17(22)3)31-23-5-6-24(32-27(23)25)34-13-20-11-21(34)12-33(20)19-7-9-38(36,37)10-8-19/h5-6,14-16,19-21,31H,7-13H2,1-4H3/t20-,21-/m0/s1. The Kier molecular flexibility index (Phi) is 5.39. The molecule has 9 nitrogen and oxygen atoms in total. The van der Waals surface area contributed by atoms with Crippen LogP contribution < -0.4 is 4.90 Å². The fourth-order valence-corrected chi connectivity index (χ4v) is 8.57. The van der Waals surface area contributed by atoms with E-state index in [1.54, 1.807) is 6.33 Å². The summed E-state index contributed by atoms with van der Waals surface area (Å²) in [4.78, 5) is 18.5. The van der Waals surface area contributed by atoms with E-state index < -0.39 is 9.84 Å². The number of H-pyrrole nitrogens is 1. The normalized spacial score (nSPS) is 24.0. The molecule has 4 aromatic rings. The fraction of sp³-hybridized carbons (Fsp3) is 0.536. The number of pyridine rings is 2. The molecule has 4 aromatic heterocycles. The number of likely N-dealkylation sites (tertiary alicyclic amines) is 1. The minimum absolute atomic E-state index is 0.292. The van der Waals surface area contributed by atoms with Crippen LogP contribution in [0.2, 0.25) is 0 Å². The van der Waals surface area contributed by atoms with Gasteiger partial charge in [0.05, 0.1) is 28.2 Å². The van der Waals surface area contributed by atoms with Gasteiger partial charge in [0.2, 0.25) is 0 Å². The highest BCUT2D eigenvalue weighted by Gasteiger charge is 2.47. The summed E-state index contributed by atoms with van der Waals surface area (Å²) in [6.45, 7) is 10.7. The van der Waals surface area contributed by atoms with Gasteiger partial charge in [-0.1, -0.05) is 13.8 Å². The van der Waals surface area contributed by atoms with Crippen LogP contribution in [0, 0.1) is 13.8 Å². The fourth-order valence-electron chi connectivity index (χ4n) is 7.10. The molecular formula is C28H35N7O2S. The number of aromatic nitrogens is 5. The van der Waals surface area contributed by atoms with E-state index in [1.807, 2.05) is 4.52 Å². The third-order valence-electron chi connectivity index (χ3n) is 9.21. The van der Waals surface area contributed by atoms with Crippen molar-refractivity contribution in [2.75, 3.05) is 29.5 Å². The van der Waals surface area contributed by atoms with Crippen LogP contribution >= 0.6 is 0 Å². The number of nitrogens with one attached hydrogen (secondary N) is 1. The zero-order valence-electron chi connectivity index (χ0n) is 22.5. The molecule has 3 aliphatic rings. The van der Waals surface area contributed by atoms with Gasteiger partial charge in [-0.2, -0.15) is 5.10 Å². The van der Waals surface area contributed by atoms with Crippen molar-refractivity contribution in [2.45, 2.75) is 71.0 Å². The quantitative estimate of drug-likeness (QED) is 0.425. The van der Waals surface area contributed by atoms with Gasteiger partial charge in [-0.05, 0) is 62.3 Å². The molecule has 0 spiro atoms. The summed E-state index contributed by atoms with van der Waals surface area (Å²) >= 11 is 0. The molecule has 0 saturated carbocycles. The smallest absolute Gasteiger partial charge is 0.158 e. The maximum atomic E-state index is 11.9. The van der Waals surface area contributed by atoms with E-state index >= 15 is 0 Å². The van der Waals surface area contributed by atoms with Gasteiger partial charge < -0.3 is 9.88 Å². The predicted octanol–water partition coefficient (Wildman–Crippen LogP) is 3.85. The molecular weight excluding hydrogens is 498 g/mol. The highest BCUT2D eigenvalue weighted by atomic mass is 32.2. The van der Waals surface area contributed by atoms with Gasteiger partial charge >= 0.3 is 0 Å². The summed E-state index contributed by atoms with van der Waals surface area (Å²) in [6.07, 6.45) is 6.37. The number of hydrogen-bond acceptors (Lipinski definition) is 7. The van der Waals surface area contributed by atoms with Crippen molar-refractivity contribution in [1.82, 2.24) is 29.5 Å². The van der Waals surface area contributed by atoms with Crippen LogP contribution in [-0.4, -0.2) is 80.6 Å². The number of aromatic amines is 1. The highest BCUT2D eigenvalue weighted by Crippen LogP contribution is 2.40. The van der Waals surface area contributed by atoms with Gasteiger partial charge in [-0.15, -0.1) is 0 Å². The van der Waals surface area contributed by atoms with Gasteiger partial charge in [0.25, 0.3) is 0 Å². The predicted molar refractivity (Wildman–Crippen MR) is 150 cm³/mol. The van der Waals surface area contributed by atoms with E-state index in [4.69, 9.17) is 4.98 Å². The van der Waals surface area contributed by atoms with Gasteiger partial charge in [-0.25, -0.2) is 22.9 Å². The lowest BCUT2D eigenvalue weighted by Gasteiger charge is -2.40. The highest BCUT2D eigenvalue weighted by molar-refractivity contribution is 7.91. The van der Waals surface area contributed by atoms with Crippen LogP contribution in [-0.2, 0) is 9.84 Å². The number of piperazine rings is 1. The molecule has 0 aliphatic carbocycles. The minimum atomic E-state index is -2.83. The summed E-state index contributed by atoms with van der Waals surface area (Å²) < 4.78 is 25.7. The van der Waals surface area contributed by atoms with Crippen molar-refractivity contribution in [3.63, 3.8) is 0 Å². The van der Waals surface area contributed by atoms with Crippen LogP contribution in [0.3, 0.4) is 0 Å². The molecule has 200 valence electrons. The molecule has 38 heavy (non-hydrogen) atoms. The average molecular weight is 534 g/mol. The van der Waals surface area contributed by atoms with Crippen LogP contribution in [0.5, 0.6) is 0 Å². The zero-order chi connectivity index (χ0) is 26.3.